The summed E-state index contributed by atoms with van der Waals surface area (Å²) in [6, 6.07) is 6.95. The van der Waals surface area contributed by atoms with Crippen molar-refractivity contribution in [3.8, 4) is 6.07 Å². The molecule has 0 amide bonds. The minimum absolute atomic E-state index is 0.277. The van der Waals surface area contributed by atoms with Crippen LogP contribution >= 0.6 is 11.6 Å². The molecule has 12 heavy (non-hydrogen) atoms. The molecule has 0 aromatic heterocycles. The fourth-order valence-electron chi connectivity index (χ4n) is 0.980. The van der Waals surface area contributed by atoms with Crippen molar-refractivity contribution in [2.45, 2.75) is 6.92 Å². The Hall–Kier alpha value is -1.33. The minimum atomic E-state index is -0.588. The van der Waals surface area contributed by atoms with Crippen LogP contribution in [0.15, 0.2) is 18.2 Å². The third-order valence-corrected chi connectivity index (χ3v) is 1.80. The number of nitrogens with zero attached hydrogens (tertiary/aromatic N) is 1. The van der Waals surface area contributed by atoms with Crippen LogP contribution < -0.4 is 0 Å². The molecule has 1 aromatic carbocycles. The molecule has 2 nitrogen and oxygen atoms in total. The molecular weight excluding hydrogens is 174 g/mol. The van der Waals surface area contributed by atoms with Crippen molar-refractivity contribution in [3.63, 3.8) is 0 Å². The Kier molecular flexibility index (Phi) is 2.47. The summed E-state index contributed by atoms with van der Waals surface area (Å²) in [5.74, 6) is 0. The normalized spacial score (nSPS) is 9.08. The van der Waals surface area contributed by atoms with E-state index in [1.807, 2.05) is 6.07 Å². The van der Waals surface area contributed by atoms with Gasteiger partial charge in [0, 0.05) is 0 Å². The van der Waals surface area contributed by atoms with Crippen LogP contribution in [0.1, 0.15) is 21.5 Å². The predicted octanol–water partition coefficient (Wildman–Crippen LogP) is 2.25. The molecule has 0 unspecified atom stereocenters. The summed E-state index contributed by atoms with van der Waals surface area (Å²) in [4.78, 5) is 10.8. The number of aryl methyl sites for hydroxylation is 1. The first-order valence-corrected chi connectivity index (χ1v) is 3.74. The summed E-state index contributed by atoms with van der Waals surface area (Å²) in [5, 5.41) is 8.10. The zero-order valence-corrected chi connectivity index (χ0v) is 7.22. The Morgan fingerprint density at radius 1 is 1.58 bits per heavy atom. The second kappa shape index (κ2) is 3.38. The molecule has 0 aliphatic carbocycles. The van der Waals surface area contributed by atoms with Crippen LogP contribution in [0.3, 0.4) is 0 Å². The van der Waals surface area contributed by atoms with E-state index >= 15 is 0 Å². The number of halogens is 1. The summed E-state index contributed by atoms with van der Waals surface area (Å²) in [6.45, 7) is 1.77. The Morgan fingerprint density at radius 3 is 2.67 bits per heavy atom. The highest BCUT2D eigenvalue weighted by atomic mass is 35.5. The fourth-order valence-corrected chi connectivity index (χ4v) is 1.14. The van der Waals surface area contributed by atoms with Gasteiger partial charge in [0.2, 0.25) is 0 Å². The summed E-state index contributed by atoms with van der Waals surface area (Å²) < 4.78 is 0. The van der Waals surface area contributed by atoms with Crippen LogP contribution in [-0.2, 0) is 0 Å². The lowest BCUT2D eigenvalue weighted by Gasteiger charge is -1.99. The number of benzene rings is 1. The van der Waals surface area contributed by atoms with Gasteiger partial charge in [-0.05, 0) is 30.2 Å². The van der Waals surface area contributed by atoms with Crippen LogP contribution in [0, 0.1) is 18.3 Å². The number of nitriles is 1. The van der Waals surface area contributed by atoms with Gasteiger partial charge in [0.05, 0.1) is 11.1 Å². The van der Waals surface area contributed by atoms with Crippen LogP contribution in [0.2, 0.25) is 0 Å². The van der Waals surface area contributed by atoms with E-state index < -0.39 is 5.24 Å². The van der Waals surface area contributed by atoms with Gasteiger partial charge in [-0.25, -0.2) is 0 Å². The molecule has 0 bridgehead atoms. The molecular formula is C9H6ClNO. The van der Waals surface area contributed by atoms with Gasteiger partial charge in [0.1, 0.15) is 6.07 Å². The maximum atomic E-state index is 10.8. The van der Waals surface area contributed by atoms with E-state index in [2.05, 4.69) is 0 Å². The highest BCUT2D eigenvalue weighted by Gasteiger charge is 2.09. The first kappa shape index (κ1) is 8.76. The van der Waals surface area contributed by atoms with E-state index in [0.29, 0.717) is 5.56 Å². The minimum Gasteiger partial charge on any atom is -0.276 e. The SMILES string of the molecule is Cc1cccc(C(=O)Cl)c1C#N. The van der Waals surface area contributed by atoms with Crippen molar-refractivity contribution >= 4 is 16.8 Å². The first-order valence-electron chi connectivity index (χ1n) is 3.36. The molecule has 60 valence electrons. The molecule has 1 aromatic rings. The fraction of sp³-hybridized carbons (Fsp3) is 0.111. The summed E-state index contributed by atoms with van der Waals surface area (Å²) >= 11 is 5.27. The standard InChI is InChI=1S/C9H6ClNO/c1-6-3-2-4-7(9(10)12)8(6)5-11/h2-4H,1H3. The molecule has 0 aliphatic rings. The smallest absolute Gasteiger partial charge is 0.253 e. The van der Waals surface area contributed by atoms with Crippen molar-refractivity contribution in [1.82, 2.24) is 0 Å². The maximum Gasteiger partial charge on any atom is 0.253 e. The van der Waals surface area contributed by atoms with Crippen molar-refractivity contribution in [3.05, 3.63) is 34.9 Å². The lowest BCUT2D eigenvalue weighted by Crippen LogP contribution is -1.95. The van der Waals surface area contributed by atoms with Crippen molar-refractivity contribution in [1.29, 1.82) is 5.26 Å². The average molecular weight is 180 g/mol. The van der Waals surface area contributed by atoms with Crippen LogP contribution in [0.5, 0.6) is 0 Å². The third-order valence-electron chi connectivity index (χ3n) is 1.60. The Balaban J connectivity index is 3.40. The summed E-state index contributed by atoms with van der Waals surface area (Å²) in [6.07, 6.45) is 0. The number of hydrogen-bond donors (Lipinski definition) is 0. The van der Waals surface area contributed by atoms with Crippen molar-refractivity contribution < 1.29 is 4.79 Å². The zero-order valence-electron chi connectivity index (χ0n) is 6.47. The van der Waals surface area contributed by atoms with E-state index in [1.54, 1.807) is 25.1 Å². The molecule has 0 atom stereocenters. The number of hydrogen-bond acceptors (Lipinski definition) is 2. The Bertz CT molecular complexity index is 365. The quantitative estimate of drug-likeness (QED) is 0.621. The largest absolute Gasteiger partial charge is 0.276 e. The van der Waals surface area contributed by atoms with E-state index in [0.717, 1.165) is 5.56 Å². The summed E-state index contributed by atoms with van der Waals surface area (Å²) in [5.41, 5.74) is 1.40. The Labute approximate surface area is 75.4 Å². The van der Waals surface area contributed by atoms with Crippen molar-refractivity contribution in [2.24, 2.45) is 0 Å². The highest BCUT2D eigenvalue weighted by molar-refractivity contribution is 6.68. The number of carbonyl (C=O) groups excluding carboxylic acids is 1. The molecule has 1 rings (SSSR count). The monoisotopic (exact) mass is 179 g/mol. The van der Waals surface area contributed by atoms with E-state index in [4.69, 9.17) is 16.9 Å². The van der Waals surface area contributed by atoms with Crippen molar-refractivity contribution in [2.75, 3.05) is 0 Å². The summed E-state index contributed by atoms with van der Waals surface area (Å²) in [7, 11) is 0. The topological polar surface area (TPSA) is 40.9 Å². The van der Waals surface area contributed by atoms with Gasteiger partial charge in [-0.2, -0.15) is 5.26 Å². The van der Waals surface area contributed by atoms with Crippen LogP contribution in [0.4, 0.5) is 0 Å². The van der Waals surface area contributed by atoms with Gasteiger partial charge in [0.15, 0.2) is 0 Å². The molecule has 0 radical (unpaired) electrons. The Morgan fingerprint density at radius 2 is 2.25 bits per heavy atom. The molecule has 0 aliphatic heterocycles. The van der Waals surface area contributed by atoms with E-state index in [1.165, 1.54) is 0 Å². The lowest BCUT2D eigenvalue weighted by atomic mass is 10.0. The van der Waals surface area contributed by atoms with Crippen LogP contribution in [-0.4, -0.2) is 5.24 Å². The van der Waals surface area contributed by atoms with Gasteiger partial charge in [0.25, 0.3) is 5.24 Å². The molecule has 0 saturated carbocycles. The molecule has 0 saturated heterocycles. The van der Waals surface area contributed by atoms with Gasteiger partial charge < -0.3 is 0 Å². The van der Waals surface area contributed by atoms with Gasteiger partial charge >= 0.3 is 0 Å². The first-order chi connectivity index (χ1) is 5.66. The number of carbonyl (C=O) groups is 1. The average Bonchev–Trinajstić information content (AvgIpc) is 2.03. The maximum absolute atomic E-state index is 10.8. The molecule has 0 heterocycles. The lowest BCUT2D eigenvalue weighted by molar-refractivity contribution is 0.108. The van der Waals surface area contributed by atoms with Gasteiger partial charge in [-0.15, -0.1) is 0 Å². The molecule has 0 fully saturated rings. The van der Waals surface area contributed by atoms with Crippen LogP contribution in [0.25, 0.3) is 0 Å². The molecule has 0 N–H and O–H groups in total. The van der Waals surface area contributed by atoms with E-state index in [9.17, 15) is 4.79 Å². The van der Waals surface area contributed by atoms with E-state index in [-0.39, 0.29) is 5.56 Å². The molecule has 0 spiro atoms. The number of rotatable bonds is 1. The third kappa shape index (κ3) is 1.46. The van der Waals surface area contributed by atoms with Gasteiger partial charge in [-0.1, -0.05) is 12.1 Å². The second-order valence-corrected chi connectivity index (χ2v) is 2.73. The molecule has 3 heteroatoms. The predicted molar refractivity (Wildman–Crippen MR) is 46.1 cm³/mol. The van der Waals surface area contributed by atoms with Gasteiger partial charge in [-0.3, -0.25) is 4.79 Å². The highest BCUT2D eigenvalue weighted by Crippen LogP contribution is 2.14. The second-order valence-electron chi connectivity index (χ2n) is 2.38. The zero-order chi connectivity index (χ0) is 9.14.